The van der Waals surface area contributed by atoms with Crippen LogP contribution in [-0.2, 0) is 13.0 Å². The van der Waals surface area contributed by atoms with Gasteiger partial charge in [-0.3, -0.25) is 4.99 Å². The fourth-order valence-corrected chi connectivity index (χ4v) is 4.01. The molecule has 7 heteroatoms. The molecular formula is C20H30N6S. The Morgan fingerprint density at radius 3 is 2.56 bits per heavy atom. The van der Waals surface area contributed by atoms with Crippen LogP contribution in [0.3, 0.4) is 0 Å². The molecule has 2 aromatic rings. The van der Waals surface area contributed by atoms with Gasteiger partial charge in [-0.15, -0.1) is 11.3 Å². The summed E-state index contributed by atoms with van der Waals surface area (Å²) in [5.41, 5.74) is 1.16. The number of anilines is 1. The summed E-state index contributed by atoms with van der Waals surface area (Å²) in [5.74, 6) is 1.90. The second-order valence-electron chi connectivity index (χ2n) is 6.89. The van der Waals surface area contributed by atoms with Crippen molar-refractivity contribution < 1.29 is 0 Å². The number of hydrogen-bond acceptors (Lipinski definition) is 5. The van der Waals surface area contributed by atoms with E-state index < -0.39 is 0 Å². The number of pyridine rings is 1. The fourth-order valence-electron chi connectivity index (χ4n) is 3.22. The average Bonchev–Trinajstić information content (AvgIpc) is 2.94. The first-order chi connectivity index (χ1) is 13.2. The SMILES string of the molecule is CN=C(NCCc1ncc(C)s1)NCc1ccc(N2CCCCCC2)nc1. The summed E-state index contributed by atoms with van der Waals surface area (Å²) >= 11 is 1.75. The number of aryl methyl sites for hydroxylation is 1. The maximum Gasteiger partial charge on any atom is 0.191 e. The first-order valence-electron chi connectivity index (χ1n) is 9.80. The Balaban J connectivity index is 1.43. The molecule has 0 atom stereocenters. The van der Waals surface area contributed by atoms with Gasteiger partial charge in [0.2, 0.25) is 0 Å². The van der Waals surface area contributed by atoms with Crippen LogP contribution in [0.5, 0.6) is 0 Å². The number of aromatic nitrogens is 2. The van der Waals surface area contributed by atoms with E-state index in [1.165, 1.54) is 30.6 Å². The average molecular weight is 387 g/mol. The molecule has 27 heavy (non-hydrogen) atoms. The Labute approximate surface area is 166 Å². The highest BCUT2D eigenvalue weighted by Gasteiger charge is 2.10. The number of nitrogens with zero attached hydrogens (tertiary/aromatic N) is 4. The Morgan fingerprint density at radius 2 is 1.93 bits per heavy atom. The molecule has 2 N–H and O–H groups in total. The molecule has 0 unspecified atom stereocenters. The van der Waals surface area contributed by atoms with Crippen molar-refractivity contribution in [1.82, 2.24) is 20.6 Å². The monoisotopic (exact) mass is 386 g/mol. The van der Waals surface area contributed by atoms with E-state index in [1.807, 2.05) is 12.4 Å². The van der Waals surface area contributed by atoms with Crippen molar-refractivity contribution in [3.05, 3.63) is 40.0 Å². The summed E-state index contributed by atoms with van der Waals surface area (Å²) in [4.78, 5) is 17.0. The van der Waals surface area contributed by atoms with Gasteiger partial charge in [-0.25, -0.2) is 9.97 Å². The van der Waals surface area contributed by atoms with Gasteiger partial charge in [0, 0.05) is 56.9 Å². The van der Waals surface area contributed by atoms with Crippen molar-refractivity contribution in [2.45, 2.75) is 45.6 Å². The molecule has 146 valence electrons. The Morgan fingerprint density at radius 1 is 1.11 bits per heavy atom. The molecular weight excluding hydrogens is 356 g/mol. The van der Waals surface area contributed by atoms with Gasteiger partial charge < -0.3 is 15.5 Å². The van der Waals surface area contributed by atoms with E-state index in [9.17, 15) is 0 Å². The van der Waals surface area contributed by atoms with Crippen LogP contribution in [0.4, 0.5) is 5.82 Å². The van der Waals surface area contributed by atoms with Gasteiger partial charge in [-0.2, -0.15) is 0 Å². The first-order valence-corrected chi connectivity index (χ1v) is 10.6. The van der Waals surface area contributed by atoms with Crippen LogP contribution in [0.2, 0.25) is 0 Å². The minimum Gasteiger partial charge on any atom is -0.357 e. The predicted molar refractivity (Wildman–Crippen MR) is 114 cm³/mol. The van der Waals surface area contributed by atoms with E-state index in [0.29, 0.717) is 6.54 Å². The summed E-state index contributed by atoms with van der Waals surface area (Å²) < 4.78 is 0. The minimum atomic E-state index is 0.712. The Kier molecular flexibility index (Phi) is 7.45. The molecule has 0 aliphatic carbocycles. The van der Waals surface area contributed by atoms with Crippen LogP contribution >= 0.6 is 11.3 Å². The molecule has 0 spiro atoms. The van der Waals surface area contributed by atoms with E-state index in [0.717, 1.165) is 48.4 Å². The standard InChI is InChI=1S/C20H30N6S/c1-16-13-24-19(27-16)9-10-22-20(21-2)25-15-17-7-8-18(23-14-17)26-11-5-3-4-6-12-26/h7-8,13-14H,3-6,9-12,15H2,1-2H3,(H2,21,22,25). The van der Waals surface area contributed by atoms with Crippen molar-refractivity contribution in [2.75, 3.05) is 31.6 Å². The van der Waals surface area contributed by atoms with Gasteiger partial charge in [-0.1, -0.05) is 18.9 Å². The van der Waals surface area contributed by atoms with Gasteiger partial charge in [0.25, 0.3) is 0 Å². The van der Waals surface area contributed by atoms with Crippen molar-refractivity contribution in [3.8, 4) is 0 Å². The smallest absolute Gasteiger partial charge is 0.191 e. The molecule has 2 aromatic heterocycles. The number of aliphatic imine (C=N–C) groups is 1. The lowest BCUT2D eigenvalue weighted by atomic mass is 10.2. The third-order valence-corrected chi connectivity index (χ3v) is 5.70. The predicted octanol–water partition coefficient (Wildman–Crippen LogP) is 3.13. The van der Waals surface area contributed by atoms with E-state index in [-0.39, 0.29) is 0 Å². The summed E-state index contributed by atoms with van der Waals surface area (Å²) in [5, 5.41) is 7.86. The largest absolute Gasteiger partial charge is 0.357 e. The zero-order valence-corrected chi connectivity index (χ0v) is 17.2. The third kappa shape index (κ3) is 6.20. The van der Waals surface area contributed by atoms with E-state index >= 15 is 0 Å². The first kappa shape index (κ1) is 19.6. The van der Waals surface area contributed by atoms with E-state index in [2.05, 4.69) is 49.6 Å². The van der Waals surface area contributed by atoms with Crippen LogP contribution < -0.4 is 15.5 Å². The van der Waals surface area contributed by atoms with Crippen LogP contribution in [-0.4, -0.2) is 42.6 Å². The van der Waals surface area contributed by atoms with Gasteiger partial charge >= 0.3 is 0 Å². The number of nitrogens with one attached hydrogen (secondary N) is 2. The number of guanidine groups is 1. The lowest BCUT2D eigenvalue weighted by molar-refractivity contribution is 0.726. The van der Waals surface area contributed by atoms with Gasteiger partial charge in [0.05, 0.1) is 5.01 Å². The molecule has 1 saturated heterocycles. The van der Waals surface area contributed by atoms with Crippen molar-refractivity contribution in [1.29, 1.82) is 0 Å². The number of rotatable bonds is 6. The van der Waals surface area contributed by atoms with Gasteiger partial charge in [-0.05, 0) is 31.4 Å². The molecule has 6 nitrogen and oxygen atoms in total. The topological polar surface area (TPSA) is 65.4 Å². The third-order valence-electron chi connectivity index (χ3n) is 4.72. The van der Waals surface area contributed by atoms with Crippen molar-refractivity contribution >= 4 is 23.1 Å². The molecule has 1 fully saturated rings. The number of thiazole rings is 1. The second kappa shape index (κ2) is 10.3. The zero-order valence-electron chi connectivity index (χ0n) is 16.4. The van der Waals surface area contributed by atoms with Crippen LogP contribution in [0, 0.1) is 6.92 Å². The zero-order chi connectivity index (χ0) is 18.9. The van der Waals surface area contributed by atoms with Gasteiger partial charge in [0.15, 0.2) is 5.96 Å². The molecule has 1 aliphatic heterocycles. The van der Waals surface area contributed by atoms with Crippen LogP contribution in [0.25, 0.3) is 0 Å². The molecule has 0 aromatic carbocycles. The van der Waals surface area contributed by atoms with Crippen LogP contribution in [0.1, 0.15) is 41.1 Å². The van der Waals surface area contributed by atoms with E-state index in [1.54, 1.807) is 18.4 Å². The lowest BCUT2D eigenvalue weighted by Crippen LogP contribution is -2.37. The number of hydrogen-bond donors (Lipinski definition) is 2. The van der Waals surface area contributed by atoms with Gasteiger partial charge in [0.1, 0.15) is 5.82 Å². The molecule has 3 rings (SSSR count). The highest BCUT2D eigenvalue weighted by atomic mass is 32.1. The maximum atomic E-state index is 4.67. The Bertz CT molecular complexity index is 716. The summed E-state index contributed by atoms with van der Waals surface area (Å²) in [6.07, 6.45) is 10.0. The summed E-state index contributed by atoms with van der Waals surface area (Å²) in [6, 6.07) is 4.30. The lowest BCUT2D eigenvalue weighted by Gasteiger charge is -2.21. The highest BCUT2D eigenvalue weighted by Crippen LogP contribution is 2.17. The molecule has 0 saturated carbocycles. The molecule has 0 bridgehead atoms. The van der Waals surface area contributed by atoms with E-state index in [4.69, 9.17) is 0 Å². The Hall–Kier alpha value is -2.15. The second-order valence-corrected chi connectivity index (χ2v) is 8.21. The highest BCUT2D eigenvalue weighted by molar-refractivity contribution is 7.11. The summed E-state index contributed by atoms with van der Waals surface area (Å²) in [7, 11) is 1.80. The molecule has 0 radical (unpaired) electrons. The molecule has 3 heterocycles. The normalized spacial score (nSPS) is 15.5. The molecule has 0 amide bonds. The maximum absolute atomic E-state index is 4.67. The van der Waals surface area contributed by atoms with Crippen LogP contribution in [0.15, 0.2) is 29.5 Å². The quantitative estimate of drug-likeness (QED) is 0.590. The van der Waals surface area contributed by atoms with Crippen molar-refractivity contribution in [3.63, 3.8) is 0 Å². The summed E-state index contributed by atoms with van der Waals surface area (Å²) in [6.45, 7) is 5.86. The fraction of sp³-hybridized carbons (Fsp3) is 0.550. The minimum absolute atomic E-state index is 0.712. The van der Waals surface area contributed by atoms with Crippen molar-refractivity contribution in [2.24, 2.45) is 4.99 Å². The molecule has 1 aliphatic rings.